The van der Waals surface area contributed by atoms with Gasteiger partial charge in [0.05, 0.1) is 12.7 Å². The van der Waals surface area contributed by atoms with Gasteiger partial charge in [0.1, 0.15) is 17.4 Å². The number of amides is 2. The van der Waals surface area contributed by atoms with E-state index in [-0.39, 0.29) is 18.1 Å². The van der Waals surface area contributed by atoms with Crippen LogP contribution in [0.25, 0.3) is 6.08 Å². The number of hydrogen-bond acceptors (Lipinski definition) is 6. The van der Waals surface area contributed by atoms with Gasteiger partial charge in [-0.1, -0.05) is 29.8 Å². The van der Waals surface area contributed by atoms with Gasteiger partial charge in [0.15, 0.2) is 6.61 Å². The van der Waals surface area contributed by atoms with Crippen LogP contribution in [0.4, 0.5) is 11.4 Å². The molecule has 0 fully saturated rings. The second-order valence-electron chi connectivity index (χ2n) is 7.56. The van der Waals surface area contributed by atoms with E-state index in [0.717, 1.165) is 5.56 Å². The number of nitriles is 1. The van der Waals surface area contributed by atoms with Crippen LogP contribution in [0, 0.1) is 18.3 Å². The van der Waals surface area contributed by atoms with Crippen LogP contribution in [0.3, 0.4) is 0 Å². The molecule has 3 rings (SSSR count). The molecule has 3 aromatic carbocycles. The fraction of sp³-hybridized carbons (Fsp3) is 0.111. The molecule has 0 atom stereocenters. The van der Waals surface area contributed by atoms with Crippen molar-refractivity contribution in [1.29, 1.82) is 5.26 Å². The van der Waals surface area contributed by atoms with E-state index < -0.39 is 11.9 Å². The average Bonchev–Trinajstić information content (AvgIpc) is 2.88. The normalized spacial score (nSPS) is 10.7. The third kappa shape index (κ3) is 7.19. The van der Waals surface area contributed by atoms with Crippen molar-refractivity contribution in [1.82, 2.24) is 0 Å². The summed E-state index contributed by atoms with van der Waals surface area (Å²) >= 11 is 6.06. The molecule has 0 bridgehead atoms. The van der Waals surface area contributed by atoms with E-state index in [4.69, 9.17) is 16.3 Å². The lowest BCUT2D eigenvalue weighted by atomic mass is 10.1. The molecule has 0 saturated heterocycles. The highest BCUT2D eigenvalue weighted by Crippen LogP contribution is 2.20. The Morgan fingerprint density at radius 2 is 1.64 bits per heavy atom. The van der Waals surface area contributed by atoms with E-state index in [9.17, 15) is 19.6 Å². The zero-order chi connectivity index (χ0) is 26.1. The summed E-state index contributed by atoms with van der Waals surface area (Å²) in [6.07, 6.45) is 1.43. The summed E-state index contributed by atoms with van der Waals surface area (Å²) in [4.78, 5) is 36.1. The molecule has 0 saturated carbocycles. The Morgan fingerprint density at radius 3 is 2.25 bits per heavy atom. The van der Waals surface area contributed by atoms with E-state index in [1.807, 2.05) is 19.1 Å². The largest absolute Gasteiger partial charge is 0.484 e. The van der Waals surface area contributed by atoms with Crippen LogP contribution in [-0.4, -0.2) is 31.5 Å². The van der Waals surface area contributed by atoms with Crippen LogP contribution in [0.5, 0.6) is 5.75 Å². The molecular formula is C27H22ClN3O5. The van der Waals surface area contributed by atoms with E-state index >= 15 is 0 Å². The molecule has 0 aliphatic carbocycles. The molecule has 2 N–H and O–H groups in total. The highest BCUT2D eigenvalue weighted by Gasteiger charge is 2.11. The number of rotatable bonds is 8. The minimum Gasteiger partial charge on any atom is -0.484 e. The smallest absolute Gasteiger partial charge is 0.337 e. The summed E-state index contributed by atoms with van der Waals surface area (Å²) in [5.41, 5.74) is 2.72. The van der Waals surface area contributed by atoms with Gasteiger partial charge in [0, 0.05) is 16.4 Å². The topological polar surface area (TPSA) is 118 Å². The SMILES string of the molecule is COC(=O)c1ccc(NC(=O)/C(C#N)=C\c2ccc(OCC(=O)Nc3ccc(C)c(Cl)c3)cc2)cc1. The lowest BCUT2D eigenvalue weighted by molar-refractivity contribution is -0.118. The quantitative estimate of drug-likeness (QED) is 0.254. The molecule has 3 aromatic rings. The van der Waals surface area contributed by atoms with Gasteiger partial charge in [0.2, 0.25) is 0 Å². The third-order valence-electron chi connectivity index (χ3n) is 4.95. The molecule has 0 aliphatic heterocycles. The van der Waals surface area contributed by atoms with Crippen LogP contribution in [0.15, 0.2) is 72.3 Å². The second-order valence-corrected chi connectivity index (χ2v) is 7.97. The van der Waals surface area contributed by atoms with Crippen molar-refractivity contribution in [3.63, 3.8) is 0 Å². The van der Waals surface area contributed by atoms with Crippen molar-refractivity contribution in [2.75, 3.05) is 24.4 Å². The second kappa shape index (κ2) is 12.2. The first-order valence-electron chi connectivity index (χ1n) is 10.7. The maximum atomic E-state index is 12.5. The van der Waals surface area contributed by atoms with Crippen LogP contribution < -0.4 is 15.4 Å². The Balaban J connectivity index is 1.56. The molecule has 0 aliphatic rings. The standard InChI is InChI=1S/C27H22ClN3O5/c1-17-3-8-22(14-24(17)28)30-25(32)16-36-23-11-4-18(5-12-23)13-20(15-29)26(33)31-21-9-6-19(7-10-21)27(34)35-2/h3-14H,16H2,1-2H3,(H,30,32)(H,31,33)/b20-13-. The van der Waals surface area contributed by atoms with Crippen LogP contribution in [0.1, 0.15) is 21.5 Å². The maximum absolute atomic E-state index is 12.5. The lowest BCUT2D eigenvalue weighted by Gasteiger charge is -2.09. The molecule has 36 heavy (non-hydrogen) atoms. The zero-order valence-electron chi connectivity index (χ0n) is 19.5. The summed E-state index contributed by atoms with van der Waals surface area (Å²) in [7, 11) is 1.28. The number of esters is 1. The molecule has 0 unspecified atom stereocenters. The molecule has 2 amide bonds. The molecule has 182 valence electrons. The Bertz CT molecular complexity index is 1340. The molecule has 9 heteroatoms. The molecule has 8 nitrogen and oxygen atoms in total. The van der Waals surface area contributed by atoms with Gasteiger partial charge in [-0.25, -0.2) is 4.79 Å². The minimum atomic E-state index is -0.600. The number of ether oxygens (including phenoxy) is 2. The number of carbonyl (C=O) groups is 3. The third-order valence-corrected chi connectivity index (χ3v) is 5.35. The first-order chi connectivity index (χ1) is 17.3. The summed E-state index contributed by atoms with van der Waals surface area (Å²) in [6, 6.07) is 19.7. The predicted molar refractivity (Wildman–Crippen MR) is 137 cm³/mol. The van der Waals surface area contributed by atoms with Crippen molar-refractivity contribution in [2.45, 2.75) is 6.92 Å². The summed E-state index contributed by atoms with van der Waals surface area (Å²) in [6.45, 7) is 1.66. The summed E-state index contributed by atoms with van der Waals surface area (Å²) in [5, 5.41) is 15.3. The maximum Gasteiger partial charge on any atom is 0.337 e. The van der Waals surface area contributed by atoms with E-state index in [1.165, 1.54) is 37.5 Å². The minimum absolute atomic E-state index is 0.114. The Hall–Kier alpha value is -4.61. The van der Waals surface area contributed by atoms with Gasteiger partial charge in [0.25, 0.3) is 11.8 Å². The van der Waals surface area contributed by atoms with Crippen LogP contribution in [-0.2, 0) is 14.3 Å². The molecule has 0 spiro atoms. The average molecular weight is 504 g/mol. The molecular weight excluding hydrogens is 482 g/mol. The van der Waals surface area contributed by atoms with Crippen molar-refractivity contribution in [3.05, 3.63) is 94.0 Å². The van der Waals surface area contributed by atoms with Gasteiger partial charge in [-0.15, -0.1) is 0 Å². The van der Waals surface area contributed by atoms with Crippen molar-refractivity contribution in [2.24, 2.45) is 0 Å². The van der Waals surface area contributed by atoms with E-state index in [1.54, 1.807) is 36.4 Å². The van der Waals surface area contributed by atoms with Gasteiger partial charge >= 0.3 is 5.97 Å². The Morgan fingerprint density at radius 1 is 0.972 bits per heavy atom. The molecule has 0 aromatic heterocycles. The summed E-state index contributed by atoms with van der Waals surface area (Å²) in [5.74, 6) is -0.994. The number of benzene rings is 3. The number of anilines is 2. The monoisotopic (exact) mass is 503 g/mol. The summed E-state index contributed by atoms with van der Waals surface area (Å²) < 4.78 is 10.1. The van der Waals surface area contributed by atoms with Crippen molar-refractivity contribution in [3.8, 4) is 11.8 Å². The number of methoxy groups -OCH3 is 1. The number of nitrogens with one attached hydrogen (secondary N) is 2. The van der Waals surface area contributed by atoms with Gasteiger partial charge < -0.3 is 20.1 Å². The molecule has 0 radical (unpaired) electrons. The number of aryl methyl sites for hydroxylation is 1. The van der Waals surface area contributed by atoms with Crippen LogP contribution in [0.2, 0.25) is 5.02 Å². The van der Waals surface area contributed by atoms with E-state index in [2.05, 4.69) is 15.4 Å². The van der Waals surface area contributed by atoms with E-state index in [0.29, 0.717) is 33.3 Å². The first-order valence-corrected chi connectivity index (χ1v) is 11.1. The lowest BCUT2D eigenvalue weighted by Crippen LogP contribution is -2.20. The van der Waals surface area contributed by atoms with Crippen LogP contribution >= 0.6 is 11.6 Å². The Kier molecular flexibility index (Phi) is 8.81. The number of nitrogens with zero attached hydrogens (tertiary/aromatic N) is 1. The fourth-order valence-electron chi connectivity index (χ4n) is 3.00. The highest BCUT2D eigenvalue weighted by atomic mass is 35.5. The Labute approximate surface area is 213 Å². The van der Waals surface area contributed by atoms with Gasteiger partial charge in [-0.2, -0.15) is 5.26 Å². The number of carbonyl (C=O) groups excluding carboxylic acids is 3. The highest BCUT2D eigenvalue weighted by molar-refractivity contribution is 6.31. The first kappa shape index (κ1) is 26.0. The zero-order valence-corrected chi connectivity index (χ0v) is 20.3. The van der Waals surface area contributed by atoms with Crippen molar-refractivity contribution < 1.29 is 23.9 Å². The van der Waals surface area contributed by atoms with Gasteiger partial charge in [-0.3, -0.25) is 9.59 Å². The van der Waals surface area contributed by atoms with Crippen molar-refractivity contribution >= 4 is 46.8 Å². The predicted octanol–water partition coefficient (Wildman–Crippen LogP) is 5.00. The fourth-order valence-corrected chi connectivity index (χ4v) is 3.18. The van der Waals surface area contributed by atoms with Gasteiger partial charge in [-0.05, 0) is 72.7 Å². The molecule has 0 heterocycles. The number of halogens is 1. The number of hydrogen-bond donors (Lipinski definition) is 2.